The summed E-state index contributed by atoms with van der Waals surface area (Å²) in [6.07, 6.45) is 4.16. The summed E-state index contributed by atoms with van der Waals surface area (Å²) in [6, 6.07) is 12.7. The molecular formula is C20H22FN5O. The molecule has 0 spiro atoms. The van der Waals surface area contributed by atoms with E-state index in [9.17, 15) is 9.18 Å². The highest BCUT2D eigenvalue weighted by atomic mass is 19.1. The maximum absolute atomic E-state index is 14.2. The van der Waals surface area contributed by atoms with Gasteiger partial charge in [0.05, 0.1) is 0 Å². The Morgan fingerprint density at radius 3 is 2.67 bits per heavy atom. The summed E-state index contributed by atoms with van der Waals surface area (Å²) in [5.41, 5.74) is 3.04. The van der Waals surface area contributed by atoms with Crippen molar-refractivity contribution in [2.75, 3.05) is 5.32 Å². The molecule has 0 saturated heterocycles. The molecule has 0 atom stereocenters. The van der Waals surface area contributed by atoms with E-state index in [2.05, 4.69) is 20.7 Å². The van der Waals surface area contributed by atoms with Gasteiger partial charge >= 0.3 is 0 Å². The van der Waals surface area contributed by atoms with Crippen LogP contribution in [0.4, 0.5) is 10.1 Å². The van der Waals surface area contributed by atoms with Crippen LogP contribution in [0.25, 0.3) is 5.69 Å². The first-order chi connectivity index (χ1) is 13.2. The van der Waals surface area contributed by atoms with Gasteiger partial charge in [-0.2, -0.15) is 5.10 Å². The van der Waals surface area contributed by atoms with Gasteiger partial charge in [-0.1, -0.05) is 25.1 Å². The SMILES string of the molecule is CCCC(=O)Nc1cccc(CNCc2ccc(-n3cncn3)c(F)c2)c1. The molecule has 0 aliphatic carbocycles. The van der Waals surface area contributed by atoms with Gasteiger partial charge in [-0.15, -0.1) is 0 Å². The highest BCUT2D eigenvalue weighted by molar-refractivity contribution is 5.90. The normalized spacial score (nSPS) is 10.7. The van der Waals surface area contributed by atoms with E-state index in [0.29, 0.717) is 25.2 Å². The molecule has 0 bridgehead atoms. The van der Waals surface area contributed by atoms with Crippen LogP contribution in [-0.2, 0) is 17.9 Å². The number of nitrogens with one attached hydrogen (secondary N) is 2. The summed E-state index contributed by atoms with van der Waals surface area (Å²) >= 11 is 0. The number of hydrogen-bond donors (Lipinski definition) is 2. The highest BCUT2D eigenvalue weighted by Crippen LogP contribution is 2.15. The fraction of sp³-hybridized carbons (Fsp3) is 0.250. The molecule has 0 unspecified atom stereocenters. The van der Waals surface area contributed by atoms with Crippen LogP contribution in [-0.4, -0.2) is 20.7 Å². The van der Waals surface area contributed by atoms with Gasteiger partial charge in [0.25, 0.3) is 0 Å². The van der Waals surface area contributed by atoms with Crippen molar-refractivity contribution in [3.63, 3.8) is 0 Å². The summed E-state index contributed by atoms with van der Waals surface area (Å²) in [7, 11) is 0. The molecule has 3 rings (SSSR count). The molecule has 2 N–H and O–H groups in total. The topological polar surface area (TPSA) is 71.8 Å². The van der Waals surface area contributed by atoms with Gasteiger partial charge in [0.15, 0.2) is 0 Å². The number of rotatable bonds is 8. The summed E-state index contributed by atoms with van der Waals surface area (Å²) < 4.78 is 15.6. The fourth-order valence-corrected chi connectivity index (χ4v) is 2.74. The molecule has 1 amide bonds. The number of aromatic nitrogens is 3. The van der Waals surface area contributed by atoms with Crippen molar-refractivity contribution in [3.8, 4) is 5.69 Å². The first-order valence-electron chi connectivity index (χ1n) is 8.88. The molecule has 3 aromatic rings. The highest BCUT2D eigenvalue weighted by Gasteiger charge is 2.06. The summed E-state index contributed by atoms with van der Waals surface area (Å²) in [5.74, 6) is -0.328. The van der Waals surface area contributed by atoms with Gasteiger partial charge in [0.1, 0.15) is 24.2 Å². The van der Waals surface area contributed by atoms with Crippen molar-refractivity contribution in [1.29, 1.82) is 0 Å². The molecule has 7 heteroatoms. The Labute approximate surface area is 157 Å². The van der Waals surface area contributed by atoms with Crippen LogP contribution >= 0.6 is 0 Å². The van der Waals surface area contributed by atoms with Crippen LogP contribution < -0.4 is 10.6 Å². The Morgan fingerprint density at radius 1 is 1.15 bits per heavy atom. The van der Waals surface area contributed by atoms with Crippen LogP contribution in [0.15, 0.2) is 55.1 Å². The molecule has 0 fully saturated rings. The second kappa shape index (κ2) is 9.05. The molecule has 0 radical (unpaired) electrons. The van der Waals surface area contributed by atoms with Gasteiger partial charge in [0, 0.05) is 25.2 Å². The van der Waals surface area contributed by atoms with Crippen molar-refractivity contribution in [2.45, 2.75) is 32.9 Å². The van der Waals surface area contributed by atoms with Crippen LogP contribution in [0.3, 0.4) is 0 Å². The monoisotopic (exact) mass is 367 g/mol. The summed E-state index contributed by atoms with van der Waals surface area (Å²) in [5, 5.41) is 10.1. The lowest BCUT2D eigenvalue weighted by Gasteiger charge is -2.09. The zero-order valence-corrected chi connectivity index (χ0v) is 15.2. The predicted molar refractivity (Wildman–Crippen MR) is 102 cm³/mol. The molecule has 0 aliphatic heterocycles. The van der Waals surface area contributed by atoms with Crippen LogP contribution in [0.5, 0.6) is 0 Å². The van der Waals surface area contributed by atoms with Crippen LogP contribution in [0.2, 0.25) is 0 Å². The third-order valence-corrected chi connectivity index (χ3v) is 4.02. The van der Waals surface area contributed by atoms with E-state index < -0.39 is 0 Å². The number of hydrogen-bond acceptors (Lipinski definition) is 4. The van der Waals surface area contributed by atoms with E-state index in [1.807, 2.05) is 37.3 Å². The Bertz CT molecular complexity index is 895. The van der Waals surface area contributed by atoms with Gasteiger partial charge in [-0.25, -0.2) is 14.1 Å². The quantitative estimate of drug-likeness (QED) is 0.640. The fourth-order valence-electron chi connectivity index (χ4n) is 2.74. The van der Waals surface area contributed by atoms with E-state index in [1.165, 1.54) is 23.4 Å². The Hall–Kier alpha value is -3.06. The Balaban J connectivity index is 1.55. The predicted octanol–water partition coefficient (Wildman–Crippen LogP) is 3.43. The zero-order valence-electron chi connectivity index (χ0n) is 15.2. The van der Waals surface area contributed by atoms with Gasteiger partial charge in [-0.3, -0.25) is 4.79 Å². The minimum Gasteiger partial charge on any atom is -0.326 e. The van der Waals surface area contributed by atoms with Gasteiger partial charge < -0.3 is 10.6 Å². The molecule has 0 aliphatic rings. The second-order valence-corrected chi connectivity index (χ2v) is 6.23. The number of benzene rings is 2. The van der Waals surface area contributed by atoms with E-state index in [4.69, 9.17) is 0 Å². The van der Waals surface area contributed by atoms with Crippen molar-refractivity contribution in [1.82, 2.24) is 20.1 Å². The number of amides is 1. The van der Waals surface area contributed by atoms with Crippen LogP contribution in [0.1, 0.15) is 30.9 Å². The van der Waals surface area contributed by atoms with E-state index >= 15 is 0 Å². The van der Waals surface area contributed by atoms with Crippen LogP contribution in [0, 0.1) is 5.82 Å². The summed E-state index contributed by atoms with van der Waals surface area (Å²) in [4.78, 5) is 15.5. The van der Waals surface area contributed by atoms with Gasteiger partial charge in [-0.05, 0) is 41.8 Å². The molecule has 2 aromatic carbocycles. The average Bonchev–Trinajstić information content (AvgIpc) is 3.17. The van der Waals surface area contributed by atoms with E-state index in [0.717, 1.165) is 23.2 Å². The summed E-state index contributed by atoms with van der Waals surface area (Å²) in [6.45, 7) is 3.12. The number of halogens is 1. The number of carbonyl (C=O) groups excluding carboxylic acids is 1. The smallest absolute Gasteiger partial charge is 0.224 e. The lowest BCUT2D eigenvalue weighted by molar-refractivity contribution is -0.116. The molecule has 6 nitrogen and oxygen atoms in total. The number of carbonyl (C=O) groups is 1. The first kappa shape index (κ1) is 18.7. The van der Waals surface area contributed by atoms with Crippen molar-refractivity contribution in [2.24, 2.45) is 0 Å². The lowest BCUT2D eigenvalue weighted by Crippen LogP contribution is -2.14. The average molecular weight is 367 g/mol. The minimum absolute atomic E-state index is 0.0190. The van der Waals surface area contributed by atoms with E-state index in [1.54, 1.807) is 6.07 Å². The third-order valence-electron chi connectivity index (χ3n) is 4.02. The van der Waals surface area contributed by atoms with Crippen molar-refractivity contribution in [3.05, 3.63) is 72.1 Å². The standard InChI is InChI=1S/C20H22FN5O/c1-2-4-20(27)25-17-6-3-5-15(9-17)11-22-12-16-7-8-19(18(21)10-16)26-14-23-13-24-26/h3,5-10,13-14,22H,2,4,11-12H2,1H3,(H,25,27). The maximum atomic E-state index is 14.2. The second-order valence-electron chi connectivity index (χ2n) is 6.23. The third kappa shape index (κ3) is 5.21. The minimum atomic E-state index is -0.347. The van der Waals surface area contributed by atoms with Gasteiger partial charge in [0.2, 0.25) is 5.91 Å². The van der Waals surface area contributed by atoms with Crippen molar-refractivity contribution >= 4 is 11.6 Å². The molecule has 27 heavy (non-hydrogen) atoms. The molecule has 0 saturated carbocycles. The zero-order chi connectivity index (χ0) is 19.1. The number of nitrogens with zero attached hydrogens (tertiary/aromatic N) is 3. The lowest BCUT2D eigenvalue weighted by atomic mass is 10.1. The molecular weight excluding hydrogens is 345 g/mol. The molecule has 140 valence electrons. The molecule has 1 aromatic heterocycles. The Morgan fingerprint density at radius 2 is 1.96 bits per heavy atom. The first-order valence-corrected chi connectivity index (χ1v) is 8.88. The van der Waals surface area contributed by atoms with Crippen molar-refractivity contribution < 1.29 is 9.18 Å². The number of anilines is 1. The Kier molecular flexibility index (Phi) is 6.27. The largest absolute Gasteiger partial charge is 0.326 e. The molecule has 1 heterocycles. The maximum Gasteiger partial charge on any atom is 0.224 e. The van der Waals surface area contributed by atoms with E-state index in [-0.39, 0.29) is 11.7 Å².